The molecule has 124 valence electrons. The normalized spacial score (nSPS) is 11.4. The first-order valence-electron chi connectivity index (χ1n) is 7.90. The number of aliphatic imine (C=N–C) groups is 1. The molecule has 0 heterocycles. The summed E-state index contributed by atoms with van der Waals surface area (Å²) >= 11 is 0. The van der Waals surface area contributed by atoms with E-state index in [9.17, 15) is 9.59 Å². The van der Waals surface area contributed by atoms with E-state index in [4.69, 9.17) is 0 Å². The fourth-order valence-electron chi connectivity index (χ4n) is 2.31. The Hall–Kier alpha value is -2.75. The second kappa shape index (κ2) is 8.77. The third kappa shape index (κ3) is 4.88. The molecule has 4 nitrogen and oxygen atoms in total. The zero-order valence-corrected chi connectivity index (χ0v) is 13.9. The molecule has 0 fully saturated rings. The second-order valence-corrected chi connectivity index (χ2v) is 5.43. The van der Waals surface area contributed by atoms with Crippen LogP contribution >= 0.6 is 0 Å². The molecule has 0 bridgehead atoms. The number of esters is 1. The number of rotatable bonds is 7. The Kier molecular flexibility index (Phi) is 6.43. The van der Waals surface area contributed by atoms with E-state index >= 15 is 0 Å². The molecule has 0 aliphatic carbocycles. The molecule has 24 heavy (non-hydrogen) atoms. The van der Waals surface area contributed by atoms with Crippen LogP contribution in [-0.2, 0) is 14.3 Å². The van der Waals surface area contributed by atoms with Crippen molar-refractivity contribution in [2.75, 3.05) is 7.11 Å². The van der Waals surface area contributed by atoms with Gasteiger partial charge in [-0.05, 0) is 6.92 Å². The summed E-state index contributed by atoms with van der Waals surface area (Å²) in [5.41, 5.74) is 2.68. The number of ether oxygens (including phenoxy) is 1. The molecule has 1 atom stereocenters. The van der Waals surface area contributed by atoms with Crippen LogP contribution in [0.1, 0.15) is 30.9 Å². The van der Waals surface area contributed by atoms with Crippen molar-refractivity contribution >= 4 is 17.5 Å². The quantitative estimate of drug-likeness (QED) is 0.579. The van der Waals surface area contributed by atoms with Crippen LogP contribution < -0.4 is 0 Å². The number of Topliss-reactive ketones (excluding diaryl/α,β-unsaturated/α-hetero) is 1. The average Bonchev–Trinajstić information content (AvgIpc) is 2.65. The molecule has 0 aromatic heterocycles. The number of nitrogens with zero attached hydrogens (tertiary/aromatic N) is 1. The Morgan fingerprint density at radius 2 is 1.42 bits per heavy atom. The summed E-state index contributed by atoms with van der Waals surface area (Å²) in [5.74, 6) is -0.462. The van der Waals surface area contributed by atoms with Gasteiger partial charge in [0, 0.05) is 17.5 Å². The maximum absolute atomic E-state index is 12.2. The molecule has 2 aromatic rings. The van der Waals surface area contributed by atoms with Gasteiger partial charge in [0.05, 0.1) is 19.2 Å². The molecule has 2 aromatic carbocycles. The lowest BCUT2D eigenvalue weighted by Crippen LogP contribution is -2.19. The lowest BCUT2D eigenvalue weighted by Gasteiger charge is -2.11. The molecular weight excluding hydrogens is 301 g/mol. The minimum absolute atomic E-state index is 0.0789. The van der Waals surface area contributed by atoms with Crippen molar-refractivity contribution in [2.45, 2.75) is 25.8 Å². The van der Waals surface area contributed by atoms with Crippen molar-refractivity contribution in [1.82, 2.24) is 0 Å². The summed E-state index contributed by atoms with van der Waals surface area (Å²) in [7, 11) is 1.32. The molecule has 0 N–H and O–H groups in total. The van der Waals surface area contributed by atoms with Gasteiger partial charge in [-0.25, -0.2) is 0 Å². The SMILES string of the molecule is COC(=O)CCC(=O)C([11CH3])N=C(c1ccccc1)c1ccccc1. The molecule has 0 saturated carbocycles. The van der Waals surface area contributed by atoms with Gasteiger partial charge in [0.15, 0.2) is 5.78 Å². The number of carbonyl (C=O) groups is 2. The molecule has 2 rings (SSSR count). The fraction of sp³-hybridized carbons (Fsp3) is 0.250. The van der Waals surface area contributed by atoms with E-state index in [1.165, 1.54) is 7.11 Å². The van der Waals surface area contributed by atoms with E-state index in [1.54, 1.807) is 6.92 Å². The molecule has 0 spiro atoms. The molecule has 4 heteroatoms. The molecule has 0 saturated heterocycles. The number of ketones is 1. The summed E-state index contributed by atoms with van der Waals surface area (Å²) in [5, 5.41) is 0. The summed E-state index contributed by atoms with van der Waals surface area (Å²) in [6, 6.07) is 19.0. The topological polar surface area (TPSA) is 55.7 Å². The first-order chi connectivity index (χ1) is 11.6. The largest absolute Gasteiger partial charge is 0.469 e. The maximum atomic E-state index is 12.2. The smallest absolute Gasteiger partial charge is 0.305 e. The van der Waals surface area contributed by atoms with E-state index < -0.39 is 6.04 Å². The zero-order valence-electron chi connectivity index (χ0n) is 13.9. The van der Waals surface area contributed by atoms with Crippen LogP contribution in [0.5, 0.6) is 0 Å². The number of hydrogen-bond donors (Lipinski definition) is 0. The van der Waals surface area contributed by atoms with Crippen LogP contribution in [0.25, 0.3) is 0 Å². The second-order valence-electron chi connectivity index (χ2n) is 5.43. The lowest BCUT2D eigenvalue weighted by molar-refractivity contribution is -0.142. The Labute approximate surface area is 142 Å². The van der Waals surface area contributed by atoms with E-state index in [0.29, 0.717) is 0 Å². The van der Waals surface area contributed by atoms with Crippen molar-refractivity contribution in [2.24, 2.45) is 4.99 Å². The highest BCUT2D eigenvalue weighted by Crippen LogP contribution is 2.13. The first kappa shape index (κ1) is 17.6. The van der Waals surface area contributed by atoms with E-state index in [2.05, 4.69) is 9.73 Å². The summed E-state index contributed by atoms with van der Waals surface area (Å²) < 4.78 is 4.57. The fourth-order valence-corrected chi connectivity index (χ4v) is 2.31. The first-order valence-corrected chi connectivity index (χ1v) is 7.90. The molecule has 1 unspecified atom stereocenters. The van der Waals surface area contributed by atoms with Gasteiger partial charge in [0.1, 0.15) is 6.04 Å². The van der Waals surface area contributed by atoms with Gasteiger partial charge in [-0.3, -0.25) is 14.6 Å². The van der Waals surface area contributed by atoms with Crippen molar-refractivity contribution in [3.63, 3.8) is 0 Å². The molecule has 0 aliphatic heterocycles. The predicted molar refractivity (Wildman–Crippen MR) is 94.2 cm³/mol. The third-order valence-electron chi connectivity index (χ3n) is 3.69. The van der Waals surface area contributed by atoms with E-state index in [-0.39, 0.29) is 24.6 Å². The molecule has 0 aliphatic rings. The standard InChI is InChI=1S/C20H21NO3/c1-15(18(22)13-14-19(23)24-2)21-20(16-9-5-3-6-10-16)17-11-7-4-8-12-17/h3-12,15H,13-14H2,1-2H3/i1-1. The third-order valence-corrected chi connectivity index (χ3v) is 3.69. The highest BCUT2D eigenvalue weighted by Gasteiger charge is 2.16. The van der Waals surface area contributed by atoms with Crippen LogP contribution in [0.3, 0.4) is 0 Å². The molecule has 0 radical (unpaired) electrons. The van der Waals surface area contributed by atoms with Crippen LogP contribution in [0, 0.1) is 0 Å². The van der Waals surface area contributed by atoms with Gasteiger partial charge >= 0.3 is 5.97 Å². The molecular formula is C20H21NO3. The summed E-state index contributed by atoms with van der Waals surface area (Å²) in [6.45, 7) is 1.76. The Morgan fingerprint density at radius 1 is 0.917 bits per heavy atom. The van der Waals surface area contributed by atoms with Crippen LogP contribution in [0.4, 0.5) is 0 Å². The van der Waals surface area contributed by atoms with Crippen molar-refractivity contribution in [3.05, 3.63) is 71.8 Å². The number of methoxy groups -OCH3 is 1. The van der Waals surface area contributed by atoms with Gasteiger partial charge in [-0.2, -0.15) is 0 Å². The van der Waals surface area contributed by atoms with Gasteiger partial charge in [-0.1, -0.05) is 60.7 Å². The van der Waals surface area contributed by atoms with Gasteiger partial charge in [0.2, 0.25) is 0 Å². The summed E-state index contributed by atoms with van der Waals surface area (Å²) in [4.78, 5) is 28.1. The van der Waals surface area contributed by atoms with E-state index in [1.807, 2.05) is 60.7 Å². The monoisotopic (exact) mass is 322 g/mol. The van der Waals surface area contributed by atoms with Crippen LogP contribution in [-0.4, -0.2) is 30.6 Å². The Balaban J connectivity index is 2.25. The predicted octanol–water partition coefficient (Wildman–Crippen LogP) is 3.43. The number of carbonyl (C=O) groups excluding carboxylic acids is 2. The highest BCUT2D eigenvalue weighted by molar-refractivity contribution is 6.13. The lowest BCUT2D eigenvalue weighted by atomic mass is 9.95. The van der Waals surface area contributed by atoms with Crippen LogP contribution in [0.15, 0.2) is 65.7 Å². The Bertz CT molecular complexity index is 667. The average molecular weight is 322 g/mol. The van der Waals surface area contributed by atoms with Gasteiger partial charge in [0.25, 0.3) is 0 Å². The van der Waals surface area contributed by atoms with Crippen molar-refractivity contribution in [3.8, 4) is 0 Å². The Morgan fingerprint density at radius 3 is 1.88 bits per heavy atom. The van der Waals surface area contributed by atoms with E-state index in [0.717, 1.165) is 16.8 Å². The zero-order chi connectivity index (χ0) is 17.4. The van der Waals surface area contributed by atoms with Gasteiger partial charge < -0.3 is 4.74 Å². The van der Waals surface area contributed by atoms with Crippen LogP contribution in [0.2, 0.25) is 0 Å². The maximum Gasteiger partial charge on any atom is 0.305 e. The highest BCUT2D eigenvalue weighted by atomic mass is 16.5. The molecule has 0 amide bonds. The van der Waals surface area contributed by atoms with Crippen molar-refractivity contribution < 1.29 is 14.3 Å². The summed E-state index contributed by atoms with van der Waals surface area (Å²) in [6.07, 6.45) is 0.218. The minimum atomic E-state index is -0.523. The minimum Gasteiger partial charge on any atom is -0.469 e. The van der Waals surface area contributed by atoms with Gasteiger partial charge in [-0.15, -0.1) is 0 Å². The number of benzene rings is 2. The van der Waals surface area contributed by atoms with Crippen molar-refractivity contribution in [1.29, 1.82) is 0 Å². The number of hydrogen-bond acceptors (Lipinski definition) is 4.